The fraction of sp³-hybridized carbons (Fsp3) is 0.261. The highest BCUT2D eigenvalue weighted by Gasteiger charge is 2.36. The molecular formula is C23H20N2O5S. The zero-order chi connectivity index (χ0) is 22.0. The highest BCUT2D eigenvalue weighted by atomic mass is 32.1. The summed E-state index contributed by atoms with van der Waals surface area (Å²) in [6, 6.07) is 14.3. The average molecular weight is 436 g/mol. The number of carbonyl (C=O) groups is 1. The van der Waals surface area contributed by atoms with Gasteiger partial charge in [-0.3, -0.25) is 0 Å². The van der Waals surface area contributed by atoms with Crippen LogP contribution in [0.2, 0.25) is 0 Å². The SMILES string of the molecule is CC1(C)OCC(c2cc(-c3cccs3)nc(OCc3ccc(C(=O)O)cc3)c2C#N)O1. The van der Waals surface area contributed by atoms with Crippen molar-refractivity contribution in [3.63, 3.8) is 0 Å². The first-order valence-electron chi connectivity index (χ1n) is 9.62. The van der Waals surface area contributed by atoms with Crippen molar-refractivity contribution in [2.75, 3.05) is 6.61 Å². The molecule has 2 aromatic heterocycles. The number of carboxylic acids is 1. The second-order valence-electron chi connectivity index (χ2n) is 7.47. The van der Waals surface area contributed by atoms with Gasteiger partial charge < -0.3 is 19.3 Å². The van der Waals surface area contributed by atoms with E-state index in [4.69, 9.17) is 19.3 Å². The Bertz CT molecular complexity index is 1130. The van der Waals surface area contributed by atoms with E-state index in [9.17, 15) is 10.1 Å². The fourth-order valence-electron chi connectivity index (χ4n) is 3.30. The van der Waals surface area contributed by atoms with Gasteiger partial charge in [0, 0.05) is 5.56 Å². The third-order valence-electron chi connectivity index (χ3n) is 4.83. The fourth-order valence-corrected chi connectivity index (χ4v) is 3.98. The number of nitrogens with zero attached hydrogens (tertiary/aromatic N) is 2. The molecule has 1 aliphatic rings. The predicted octanol–water partition coefficient (Wildman–Crippen LogP) is 4.78. The number of hydrogen-bond acceptors (Lipinski definition) is 7. The number of thiophene rings is 1. The number of rotatable bonds is 6. The lowest BCUT2D eigenvalue weighted by molar-refractivity contribution is -0.139. The number of benzene rings is 1. The van der Waals surface area contributed by atoms with Crippen molar-refractivity contribution >= 4 is 17.3 Å². The Morgan fingerprint density at radius 3 is 2.71 bits per heavy atom. The van der Waals surface area contributed by atoms with Gasteiger partial charge in [0.05, 0.1) is 22.7 Å². The van der Waals surface area contributed by atoms with Crippen LogP contribution in [0.3, 0.4) is 0 Å². The van der Waals surface area contributed by atoms with Crippen LogP contribution >= 0.6 is 11.3 Å². The van der Waals surface area contributed by atoms with Gasteiger partial charge >= 0.3 is 5.97 Å². The largest absolute Gasteiger partial charge is 0.478 e. The van der Waals surface area contributed by atoms with Crippen LogP contribution in [0, 0.1) is 11.3 Å². The summed E-state index contributed by atoms with van der Waals surface area (Å²) in [4.78, 5) is 16.6. The smallest absolute Gasteiger partial charge is 0.335 e. The Balaban J connectivity index is 1.68. The van der Waals surface area contributed by atoms with Crippen LogP contribution in [0.1, 0.15) is 47.0 Å². The van der Waals surface area contributed by atoms with Gasteiger partial charge in [0.1, 0.15) is 24.3 Å². The van der Waals surface area contributed by atoms with Crippen molar-refractivity contribution in [3.05, 3.63) is 70.1 Å². The Morgan fingerprint density at radius 1 is 1.35 bits per heavy atom. The second kappa shape index (κ2) is 8.47. The molecule has 3 aromatic rings. The molecule has 1 aliphatic heterocycles. The molecule has 1 aromatic carbocycles. The van der Waals surface area contributed by atoms with Gasteiger partial charge in [-0.05, 0) is 49.1 Å². The minimum atomic E-state index is -0.990. The summed E-state index contributed by atoms with van der Waals surface area (Å²) >= 11 is 1.54. The molecule has 31 heavy (non-hydrogen) atoms. The molecule has 0 aliphatic carbocycles. The Morgan fingerprint density at radius 2 is 2.13 bits per heavy atom. The maximum atomic E-state index is 11.0. The van der Waals surface area contributed by atoms with Crippen molar-refractivity contribution in [1.82, 2.24) is 4.98 Å². The van der Waals surface area contributed by atoms with Gasteiger partial charge in [-0.1, -0.05) is 18.2 Å². The van der Waals surface area contributed by atoms with E-state index >= 15 is 0 Å². The Hall–Kier alpha value is -3.25. The third-order valence-corrected chi connectivity index (χ3v) is 5.73. The van der Waals surface area contributed by atoms with Gasteiger partial charge in [0.25, 0.3) is 0 Å². The monoisotopic (exact) mass is 436 g/mol. The number of carboxylic acid groups (broad SMARTS) is 1. The highest BCUT2D eigenvalue weighted by molar-refractivity contribution is 7.13. The van der Waals surface area contributed by atoms with Crippen LogP contribution in [-0.4, -0.2) is 28.5 Å². The molecule has 1 saturated heterocycles. The number of aromatic nitrogens is 1. The van der Waals surface area contributed by atoms with Crippen LogP contribution in [0.15, 0.2) is 47.8 Å². The molecule has 1 N–H and O–H groups in total. The molecule has 1 atom stereocenters. The molecule has 0 spiro atoms. The summed E-state index contributed by atoms with van der Waals surface area (Å²) in [6.45, 7) is 4.13. The average Bonchev–Trinajstić information content (AvgIpc) is 3.41. The first kappa shape index (κ1) is 21.0. The summed E-state index contributed by atoms with van der Waals surface area (Å²) in [5.74, 6) is -1.52. The lowest BCUT2D eigenvalue weighted by atomic mass is 10.0. The molecule has 1 unspecified atom stereocenters. The van der Waals surface area contributed by atoms with E-state index in [1.807, 2.05) is 37.4 Å². The van der Waals surface area contributed by atoms with Crippen molar-refractivity contribution in [2.24, 2.45) is 0 Å². The summed E-state index contributed by atoms with van der Waals surface area (Å²) in [5, 5.41) is 20.9. The third kappa shape index (κ3) is 4.59. The van der Waals surface area contributed by atoms with E-state index in [-0.39, 0.29) is 18.1 Å². The van der Waals surface area contributed by atoms with E-state index in [1.165, 1.54) is 23.5 Å². The maximum absolute atomic E-state index is 11.0. The van der Waals surface area contributed by atoms with Crippen molar-refractivity contribution in [3.8, 4) is 22.5 Å². The number of nitriles is 1. The first-order chi connectivity index (χ1) is 14.9. The lowest BCUT2D eigenvalue weighted by Gasteiger charge is -2.19. The zero-order valence-electron chi connectivity index (χ0n) is 17.0. The maximum Gasteiger partial charge on any atom is 0.335 e. The van der Waals surface area contributed by atoms with Crippen LogP contribution in [0.5, 0.6) is 5.88 Å². The van der Waals surface area contributed by atoms with Crippen LogP contribution in [0.4, 0.5) is 0 Å². The van der Waals surface area contributed by atoms with Crippen LogP contribution < -0.4 is 4.74 Å². The molecular weight excluding hydrogens is 416 g/mol. The summed E-state index contributed by atoms with van der Waals surface area (Å²) in [7, 11) is 0. The minimum absolute atomic E-state index is 0.141. The van der Waals surface area contributed by atoms with E-state index in [0.29, 0.717) is 23.4 Å². The van der Waals surface area contributed by atoms with Crippen molar-refractivity contribution < 1.29 is 24.1 Å². The number of pyridine rings is 1. The molecule has 3 heterocycles. The van der Waals surface area contributed by atoms with Crippen LogP contribution in [0.25, 0.3) is 10.6 Å². The molecule has 7 nitrogen and oxygen atoms in total. The molecule has 0 radical (unpaired) electrons. The lowest BCUT2D eigenvalue weighted by Crippen LogP contribution is -2.20. The molecule has 158 valence electrons. The molecule has 0 bridgehead atoms. The topological polar surface area (TPSA) is 102 Å². The normalized spacial score (nSPS) is 17.3. The quantitative estimate of drug-likeness (QED) is 0.593. The summed E-state index contributed by atoms with van der Waals surface area (Å²) < 4.78 is 17.6. The highest BCUT2D eigenvalue weighted by Crippen LogP contribution is 2.39. The van der Waals surface area contributed by atoms with Crippen molar-refractivity contribution in [1.29, 1.82) is 5.26 Å². The van der Waals surface area contributed by atoms with Gasteiger partial charge in [-0.15, -0.1) is 11.3 Å². The number of hydrogen-bond donors (Lipinski definition) is 1. The first-order valence-corrected chi connectivity index (χ1v) is 10.5. The van der Waals surface area contributed by atoms with Gasteiger partial charge in [0.15, 0.2) is 5.79 Å². The van der Waals surface area contributed by atoms with E-state index in [1.54, 1.807) is 12.1 Å². The van der Waals surface area contributed by atoms with Crippen LogP contribution in [-0.2, 0) is 16.1 Å². The molecule has 8 heteroatoms. The molecule has 0 amide bonds. The van der Waals surface area contributed by atoms with E-state index in [0.717, 1.165) is 10.4 Å². The standard InChI is InChI=1S/C23H20N2O5S/c1-23(2)29-13-19(30-23)16-10-18(20-4-3-9-31-20)25-21(17(16)11-24)28-12-14-5-7-15(8-6-14)22(26)27/h3-10,19H,12-13H2,1-2H3,(H,26,27). The van der Waals surface area contributed by atoms with Crippen molar-refractivity contribution in [2.45, 2.75) is 32.3 Å². The van der Waals surface area contributed by atoms with Gasteiger partial charge in [-0.25, -0.2) is 9.78 Å². The van der Waals surface area contributed by atoms with E-state index < -0.39 is 17.9 Å². The Labute approximate surface area is 183 Å². The van der Waals surface area contributed by atoms with Gasteiger partial charge in [-0.2, -0.15) is 5.26 Å². The van der Waals surface area contributed by atoms with Gasteiger partial charge in [0.2, 0.25) is 5.88 Å². The number of ether oxygens (including phenoxy) is 3. The number of aromatic carboxylic acids is 1. The second-order valence-corrected chi connectivity index (χ2v) is 8.42. The Kier molecular flexibility index (Phi) is 5.74. The molecule has 0 saturated carbocycles. The zero-order valence-corrected chi connectivity index (χ0v) is 17.8. The summed E-state index contributed by atoms with van der Waals surface area (Å²) in [6.07, 6.45) is -0.413. The summed E-state index contributed by atoms with van der Waals surface area (Å²) in [5.41, 5.74) is 2.62. The molecule has 1 fully saturated rings. The van der Waals surface area contributed by atoms with E-state index in [2.05, 4.69) is 11.1 Å². The minimum Gasteiger partial charge on any atom is -0.478 e. The molecule has 4 rings (SSSR count). The predicted molar refractivity (Wildman–Crippen MR) is 114 cm³/mol.